The zero-order valence-electron chi connectivity index (χ0n) is 11.7. The molecule has 3 N–H and O–H groups in total. The van der Waals surface area contributed by atoms with Crippen LogP contribution >= 0.6 is 0 Å². The highest BCUT2D eigenvalue weighted by Gasteiger charge is 2.39. The van der Waals surface area contributed by atoms with Crippen LogP contribution in [0, 0.1) is 0 Å². The Kier molecular flexibility index (Phi) is 2.92. The first-order chi connectivity index (χ1) is 9.98. The van der Waals surface area contributed by atoms with Gasteiger partial charge in [-0.3, -0.25) is 4.79 Å². The molecule has 1 fully saturated rings. The number of hydrogen-bond donors (Lipinski definition) is 2. The van der Waals surface area contributed by atoms with Crippen molar-refractivity contribution in [2.45, 2.75) is 19.4 Å². The largest absolute Gasteiger partial charge is 0.368 e. The monoisotopic (exact) mass is 289 g/mol. The summed E-state index contributed by atoms with van der Waals surface area (Å²) in [4.78, 5) is 30.2. The summed E-state index contributed by atoms with van der Waals surface area (Å²) in [6.45, 7) is 4.71. The minimum Gasteiger partial charge on any atom is -0.368 e. The molecule has 10 heteroatoms. The number of anilines is 2. The van der Waals surface area contributed by atoms with Gasteiger partial charge in [0.2, 0.25) is 17.8 Å². The average molecular weight is 289 g/mol. The molecule has 2 aromatic rings. The Bertz CT molecular complexity index is 666. The van der Waals surface area contributed by atoms with Crippen LogP contribution in [0.1, 0.15) is 13.8 Å². The highest BCUT2D eigenvalue weighted by Crippen LogP contribution is 2.23. The highest BCUT2D eigenvalue weighted by molar-refractivity contribution is 5.89. The number of aromatic nitrogens is 6. The lowest BCUT2D eigenvalue weighted by atomic mass is 10.00. The van der Waals surface area contributed by atoms with Gasteiger partial charge in [0.1, 0.15) is 18.2 Å². The molecule has 3 heterocycles. The molecule has 0 unspecified atom stereocenters. The van der Waals surface area contributed by atoms with Gasteiger partial charge in [0.15, 0.2) is 0 Å². The third kappa shape index (κ3) is 2.24. The third-order valence-electron chi connectivity index (χ3n) is 3.35. The van der Waals surface area contributed by atoms with E-state index < -0.39 is 5.54 Å². The van der Waals surface area contributed by atoms with Crippen molar-refractivity contribution < 1.29 is 4.79 Å². The molecule has 21 heavy (non-hydrogen) atoms. The van der Waals surface area contributed by atoms with Crippen LogP contribution in [-0.4, -0.2) is 54.3 Å². The van der Waals surface area contributed by atoms with Gasteiger partial charge in [0.05, 0.1) is 0 Å². The van der Waals surface area contributed by atoms with E-state index in [1.807, 2.05) is 0 Å². The van der Waals surface area contributed by atoms with Gasteiger partial charge in [0, 0.05) is 13.1 Å². The molecular formula is C11H15N9O. The van der Waals surface area contributed by atoms with Gasteiger partial charge in [0.25, 0.3) is 5.95 Å². The fraction of sp³-hybridized carbons (Fsp3) is 0.455. The molecule has 1 aliphatic heterocycles. The molecule has 2 aromatic heterocycles. The first kappa shape index (κ1) is 13.2. The van der Waals surface area contributed by atoms with E-state index >= 15 is 0 Å². The molecule has 1 amide bonds. The summed E-state index contributed by atoms with van der Waals surface area (Å²) in [5, 5.41) is 6.78. The summed E-state index contributed by atoms with van der Waals surface area (Å²) in [5.41, 5.74) is 4.97. The maximum atomic E-state index is 12.0. The van der Waals surface area contributed by atoms with Crippen molar-refractivity contribution in [2.24, 2.45) is 0 Å². The number of nitrogens with two attached hydrogens (primary N) is 1. The standard InChI is InChI=1S/C11H15N9O/c1-11(2)7(21)14-3-4-19(11)9-16-8(12)17-10(18-9)20-6-13-5-15-20/h5-6H,3-4H2,1-2H3,(H,14,21)(H2,12,16,17,18). The molecule has 0 aromatic carbocycles. The molecule has 0 saturated carbocycles. The first-order valence-electron chi connectivity index (χ1n) is 6.41. The Morgan fingerprint density at radius 3 is 2.76 bits per heavy atom. The molecule has 0 atom stereocenters. The van der Waals surface area contributed by atoms with Gasteiger partial charge in [-0.15, -0.1) is 0 Å². The van der Waals surface area contributed by atoms with E-state index in [1.165, 1.54) is 17.3 Å². The Morgan fingerprint density at radius 1 is 1.29 bits per heavy atom. The molecule has 10 nitrogen and oxygen atoms in total. The van der Waals surface area contributed by atoms with Gasteiger partial charge in [-0.25, -0.2) is 4.98 Å². The Morgan fingerprint density at radius 2 is 2.05 bits per heavy atom. The smallest absolute Gasteiger partial charge is 0.258 e. The van der Waals surface area contributed by atoms with Gasteiger partial charge in [-0.2, -0.15) is 24.7 Å². The molecular weight excluding hydrogens is 274 g/mol. The second kappa shape index (κ2) is 4.65. The predicted octanol–water partition coefficient (Wildman–Crippen LogP) is -1.25. The van der Waals surface area contributed by atoms with Crippen molar-refractivity contribution in [3.05, 3.63) is 12.7 Å². The number of carbonyl (C=O) groups is 1. The van der Waals surface area contributed by atoms with Crippen molar-refractivity contribution in [3.8, 4) is 5.95 Å². The second-order valence-corrected chi connectivity index (χ2v) is 5.10. The third-order valence-corrected chi connectivity index (χ3v) is 3.35. The molecule has 0 bridgehead atoms. The van der Waals surface area contributed by atoms with E-state index in [9.17, 15) is 4.79 Å². The van der Waals surface area contributed by atoms with Crippen molar-refractivity contribution >= 4 is 17.8 Å². The van der Waals surface area contributed by atoms with Crippen molar-refractivity contribution in [1.29, 1.82) is 0 Å². The van der Waals surface area contributed by atoms with Gasteiger partial charge in [-0.05, 0) is 13.8 Å². The average Bonchev–Trinajstić information content (AvgIpc) is 2.95. The number of nitrogen functional groups attached to an aromatic ring is 1. The van der Waals surface area contributed by atoms with Crippen LogP contribution in [0.25, 0.3) is 5.95 Å². The Labute approximate surface area is 120 Å². The van der Waals surface area contributed by atoms with Crippen LogP contribution in [0.3, 0.4) is 0 Å². The van der Waals surface area contributed by atoms with Crippen molar-refractivity contribution in [1.82, 2.24) is 35.0 Å². The summed E-state index contributed by atoms with van der Waals surface area (Å²) in [5.74, 6) is 0.576. The minimum absolute atomic E-state index is 0.0623. The summed E-state index contributed by atoms with van der Waals surface area (Å²) in [7, 11) is 0. The van der Waals surface area contributed by atoms with E-state index in [0.29, 0.717) is 19.0 Å². The molecule has 1 aliphatic rings. The van der Waals surface area contributed by atoms with Gasteiger partial charge >= 0.3 is 0 Å². The fourth-order valence-corrected chi connectivity index (χ4v) is 2.15. The normalized spacial score (nSPS) is 17.6. The van der Waals surface area contributed by atoms with Crippen LogP contribution in [0.4, 0.5) is 11.9 Å². The van der Waals surface area contributed by atoms with E-state index in [2.05, 4.69) is 30.4 Å². The van der Waals surface area contributed by atoms with Gasteiger partial charge in [-0.1, -0.05) is 0 Å². The quantitative estimate of drug-likeness (QED) is 0.702. The zero-order valence-corrected chi connectivity index (χ0v) is 11.7. The number of carbonyl (C=O) groups excluding carboxylic acids is 1. The number of hydrogen-bond acceptors (Lipinski definition) is 8. The highest BCUT2D eigenvalue weighted by atomic mass is 16.2. The number of rotatable bonds is 2. The number of amides is 1. The molecule has 110 valence electrons. The number of nitrogens with one attached hydrogen (secondary N) is 1. The second-order valence-electron chi connectivity index (χ2n) is 5.10. The van der Waals surface area contributed by atoms with Crippen LogP contribution in [-0.2, 0) is 4.79 Å². The van der Waals surface area contributed by atoms with Crippen molar-refractivity contribution in [2.75, 3.05) is 23.7 Å². The SMILES string of the molecule is CC1(C)C(=O)NCCN1c1nc(N)nc(-n2cncn2)n1. The summed E-state index contributed by atoms with van der Waals surface area (Å²) in [6, 6.07) is 0. The Balaban J connectivity index is 2.04. The van der Waals surface area contributed by atoms with Gasteiger partial charge < -0.3 is 16.0 Å². The van der Waals surface area contributed by atoms with E-state index in [1.54, 1.807) is 18.7 Å². The summed E-state index contributed by atoms with van der Waals surface area (Å²) in [6.07, 6.45) is 2.84. The molecule has 3 rings (SSSR count). The lowest BCUT2D eigenvalue weighted by Gasteiger charge is -2.41. The Hall–Kier alpha value is -2.78. The lowest BCUT2D eigenvalue weighted by molar-refractivity contribution is -0.126. The molecule has 1 saturated heterocycles. The first-order valence-corrected chi connectivity index (χ1v) is 6.41. The topological polar surface area (TPSA) is 128 Å². The van der Waals surface area contributed by atoms with Crippen LogP contribution in [0.2, 0.25) is 0 Å². The van der Waals surface area contributed by atoms with E-state index in [-0.39, 0.29) is 17.8 Å². The van der Waals surface area contributed by atoms with E-state index in [0.717, 1.165) is 0 Å². The lowest BCUT2D eigenvalue weighted by Crippen LogP contribution is -2.62. The van der Waals surface area contributed by atoms with Crippen molar-refractivity contribution in [3.63, 3.8) is 0 Å². The molecule has 0 aliphatic carbocycles. The number of nitrogens with zero attached hydrogens (tertiary/aromatic N) is 7. The minimum atomic E-state index is -0.772. The number of piperazine rings is 1. The summed E-state index contributed by atoms with van der Waals surface area (Å²) < 4.78 is 1.39. The van der Waals surface area contributed by atoms with Crippen LogP contribution < -0.4 is 16.0 Å². The fourth-order valence-electron chi connectivity index (χ4n) is 2.15. The van der Waals surface area contributed by atoms with Crippen LogP contribution in [0.5, 0.6) is 0 Å². The summed E-state index contributed by atoms with van der Waals surface area (Å²) >= 11 is 0. The van der Waals surface area contributed by atoms with Crippen LogP contribution in [0.15, 0.2) is 12.7 Å². The predicted molar refractivity (Wildman–Crippen MR) is 73.6 cm³/mol. The van der Waals surface area contributed by atoms with E-state index in [4.69, 9.17) is 5.73 Å². The maximum Gasteiger partial charge on any atom is 0.258 e. The molecule has 0 spiro atoms. The molecule has 0 radical (unpaired) electrons. The maximum absolute atomic E-state index is 12.0. The zero-order chi connectivity index (χ0) is 15.0.